The second kappa shape index (κ2) is 7.42. The Hall–Kier alpha value is -1.44. The standard InChI is InChI=1S/C16H25N3O3S/c1-13(2)17-16(20)15-6-4-14(5-7-15)12-18-8-10-19(11-9-18)23(3,21)22/h4-7,13H,8-12H2,1-3H3,(H,17,20). The van der Waals surface area contributed by atoms with E-state index in [0.717, 1.165) is 25.2 Å². The maximum Gasteiger partial charge on any atom is 0.251 e. The summed E-state index contributed by atoms with van der Waals surface area (Å²) in [5, 5.41) is 2.87. The van der Waals surface area contributed by atoms with E-state index >= 15 is 0 Å². The number of piperazine rings is 1. The first-order valence-corrected chi connectivity index (χ1v) is 9.68. The molecule has 1 aromatic rings. The van der Waals surface area contributed by atoms with Gasteiger partial charge in [0.15, 0.2) is 0 Å². The quantitative estimate of drug-likeness (QED) is 0.865. The average Bonchev–Trinajstić information content (AvgIpc) is 2.47. The molecule has 1 saturated heterocycles. The van der Waals surface area contributed by atoms with Gasteiger partial charge in [0.25, 0.3) is 5.91 Å². The van der Waals surface area contributed by atoms with Crippen LogP contribution in [0.3, 0.4) is 0 Å². The van der Waals surface area contributed by atoms with E-state index in [1.165, 1.54) is 10.6 Å². The van der Waals surface area contributed by atoms with Crippen molar-refractivity contribution >= 4 is 15.9 Å². The Morgan fingerprint density at radius 1 is 1.13 bits per heavy atom. The molecule has 0 saturated carbocycles. The molecule has 6 nitrogen and oxygen atoms in total. The van der Waals surface area contributed by atoms with E-state index < -0.39 is 10.0 Å². The molecule has 0 aromatic heterocycles. The molecule has 1 aromatic carbocycles. The monoisotopic (exact) mass is 339 g/mol. The fraction of sp³-hybridized carbons (Fsp3) is 0.562. The van der Waals surface area contributed by atoms with Crippen molar-refractivity contribution in [1.29, 1.82) is 0 Å². The van der Waals surface area contributed by atoms with Crippen LogP contribution in [0.5, 0.6) is 0 Å². The Bertz CT molecular complexity index is 633. The zero-order valence-electron chi connectivity index (χ0n) is 13.9. The highest BCUT2D eigenvalue weighted by molar-refractivity contribution is 7.88. The van der Waals surface area contributed by atoms with E-state index in [9.17, 15) is 13.2 Å². The van der Waals surface area contributed by atoms with Gasteiger partial charge in [0.05, 0.1) is 6.26 Å². The summed E-state index contributed by atoms with van der Waals surface area (Å²) in [5.74, 6) is -0.0617. The van der Waals surface area contributed by atoms with Crippen molar-refractivity contribution in [2.75, 3.05) is 32.4 Å². The van der Waals surface area contributed by atoms with Crippen LogP contribution in [0.2, 0.25) is 0 Å². The molecule has 23 heavy (non-hydrogen) atoms. The lowest BCUT2D eigenvalue weighted by molar-refractivity contribution is 0.0943. The number of carbonyl (C=O) groups excluding carboxylic acids is 1. The summed E-state index contributed by atoms with van der Waals surface area (Å²) in [7, 11) is -3.09. The first-order chi connectivity index (χ1) is 10.8. The van der Waals surface area contributed by atoms with Gasteiger partial charge in [0.2, 0.25) is 10.0 Å². The van der Waals surface area contributed by atoms with E-state index in [4.69, 9.17) is 0 Å². The molecule has 1 fully saturated rings. The van der Waals surface area contributed by atoms with Crippen LogP contribution in [-0.2, 0) is 16.6 Å². The maximum absolute atomic E-state index is 11.9. The summed E-state index contributed by atoms with van der Waals surface area (Å²) in [6.45, 7) is 7.15. The summed E-state index contributed by atoms with van der Waals surface area (Å²) in [5.41, 5.74) is 1.78. The van der Waals surface area contributed by atoms with Crippen LogP contribution >= 0.6 is 0 Å². The van der Waals surface area contributed by atoms with E-state index in [0.29, 0.717) is 18.7 Å². The molecule has 0 spiro atoms. The normalized spacial score (nSPS) is 17.4. The zero-order valence-corrected chi connectivity index (χ0v) is 14.8. The van der Waals surface area contributed by atoms with Crippen molar-refractivity contribution in [2.45, 2.75) is 26.4 Å². The molecule has 0 unspecified atom stereocenters. The lowest BCUT2D eigenvalue weighted by atomic mass is 10.1. The Kier molecular flexibility index (Phi) is 5.78. The molecule has 0 atom stereocenters. The van der Waals surface area contributed by atoms with Gasteiger partial charge in [-0.05, 0) is 31.5 Å². The van der Waals surface area contributed by atoms with Gasteiger partial charge in [-0.3, -0.25) is 9.69 Å². The van der Waals surface area contributed by atoms with E-state index in [2.05, 4.69) is 10.2 Å². The minimum absolute atomic E-state index is 0.0617. The minimum Gasteiger partial charge on any atom is -0.350 e. The number of nitrogens with one attached hydrogen (secondary N) is 1. The smallest absolute Gasteiger partial charge is 0.251 e. The van der Waals surface area contributed by atoms with Crippen LogP contribution in [-0.4, -0.2) is 62.0 Å². The summed E-state index contributed by atoms with van der Waals surface area (Å²) in [4.78, 5) is 14.1. The predicted octanol–water partition coefficient (Wildman–Crippen LogP) is 0.902. The first kappa shape index (κ1) is 17.9. The number of hydrogen-bond donors (Lipinski definition) is 1. The Morgan fingerprint density at radius 2 is 1.70 bits per heavy atom. The van der Waals surface area contributed by atoms with E-state index in [1.807, 2.05) is 38.1 Å². The zero-order chi connectivity index (χ0) is 17.0. The van der Waals surface area contributed by atoms with Gasteiger partial charge in [0.1, 0.15) is 0 Å². The minimum atomic E-state index is -3.09. The lowest BCUT2D eigenvalue weighted by Crippen LogP contribution is -2.47. The van der Waals surface area contributed by atoms with Crippen molar-refractivity contribution in [3.63, 3.8) is 0 Å². The molecule has 0 bridgehead atoms. The lowest BCUT2D eigenvalue weighted by Gasteiger charge is -2.33. The third-order valence-electron chi connectivity index (χ3n) is 3.84. The fourth-order valence-corrected chi connectivity index (χ4v) is 3.41. The molecule has 1 heterocycles. The average molecular weight is 339 g/mol. The molecule has 1 aliphatic heterocycles. The summed E-state index contributed by atoms with van der Waals surface area (Å²) in [6.07, 6.45) is 1.25. The molecular weight excluding hydrogens is 314 g/mol. The van der Waals surface area contributed by atoms with Crippen molar-refractivity contribution in [2.24, 2.45) is 0 Å². The van der Waals surface area contributed by atoms with Crippen LogP contribution in [0.1, 0.15) is 29.8 Å². The molecule has 7 heteroatoms. The molecular formula is C16H25N3O3S. The Labute approximate surface area is 138 Å². The van der Waals surface area contributed by atoms with Gasteiger partial charge in [0, 0.05) is 44.3 Å². The summed E-state index contributed by atoms with van der Waals surface area (Å²) in [6, 6.07) is 7.70. The predicted molar refractivity (Wildman–Crippen MR) is 90.7 cm³/mol. The van der Waals surface area contributed by atoms with Gasteiger partial charge < -0.3 is 5.32 Å². The summed E-state index contributed by atoms with van der Waals surface area (Å²) >= 11 is 0. The Balaban J connectivity index is 1.89. The van der Waals surface area contributed by atoms with Crippen molar-refractivity contribution in [3.05, 3.63) is 35.4 Å². The third kappa shape index (κ3) is 5.30. The topological polar surface area (TPSA) is 69.7 Å². The van der Waals surface area contributed by atoms with Crippen LogP contribution < -0.4 is 5.32 Å². The van der Waals surface area contributed by atoms with Crippen LogP contribution in [0.4, 0.5) is 0 Å². The number of benzene rings is 1. The SMILES string of the molecule is CC(C)NC(=O)c1ccc(CN2CCN(S(C)(=O)=O)CC2)cc1. The Morgan fingerprint density at radius 3 is 2.17 bits per heavy atom. The van der Waals surface area contributed by atoms with Crippen LogP contribution in [0, 0.1) is 0 Å². The highest BCUT2D eigenvalue weighted by Crippen LogP contribution is 2.12. The number of sulfonamides is 1. The van der Waals surface area contributed by atoms with Gasteiger partial charge in [-0.15, -0.1) is 0 Å². The molecule has 0 aliphatic carbocycles. The highest BCUT2D eigenvalue weighted by atomic mass is 32.2. The maximum atomic E-state index is 11.9. The van der Waals surface area contributed by atoms with Crippen LogP contribution in [0.15, 0.2) is 24.3 Å². The number of hydrogen-bond acceptors (Lipinski definition) is 4. The first-order valence-electron chi connectivity index (χ1n) is 7.83. The fourth-order valence-electron chi connectivity index (χ4n) is 2.58. The van der Waals surface area contributed by atoms with Gasteiger partial charge in [-0.1, -0.05) is 12.1 Å². The number of nitrogens with zero attached hydrogens (tertiary/aromatic N) is 2. The molecule has 0 radical (unpaired) electrons. The molecule has 2 rings (SSSR count). The van der Waals surface area contributed by atoms with Crippen LogP contribution in [0.25, 0.3) is 0 Å². The molecule has 128 valence electrons. The number of rotatable bonds is 5. The second-order valence-electron chi connectivity index (χ2n) is 6.26. The molecule has 1 amide bonds. The van der Waals surface area contributed by atoms with Gasteiger partial charge in [-0.2, -0.15) is 4.31 Å². The van der Waals surface area contributed by atoms with Gasteiger partial charge in [-0.25, -0.2) is 8.42 Å². The summed E-state index contributed by atoms with van der Waals surface area (Å²) < 4.78 is 24.5. The number of carbonyl (C=O) groups is 1. The van der Waals surface area contributed by atoms with Gasteiger partial charge >= 0.3 is 0 Å². The third-order valence-corrected chi connectivity index (χ3v) is 5.15. The van der Waals surface area contributed by atoms with Crippen molar-refractivity contribution < 1.29 is 13.2 Å². The van der Waals surface area contributed by atoms with E-state index in [-0.39, 0.29) is 11.9 Å². The largest absolute Gasteiger partial charge is 0.350 e. The molecule has 1 aliphatic rings. The van der Waals surface area contributed by atoms with Crippen molar-refractivity contribution in [1.82, 2.24) is 14.5 Å². The van der Waals surface area contributed by atoms with Crippen molar-refractivity contribution in [3.8, 4) is 0 Å². The molecule has 1 N–H and O–H groups in total. The van der Waals surface area contributed by atoms with E-state index in [1.54, 1.807) is 0 Å². The number of amides is 1. The highest BCUT2D eigenvalue weighted by Gasteiger charge is 2.23. The second-order valence-corrected chi connectivity index (χ2v) is 8.25.